The third-order valence-corrected chi connectivity index (χ3v) is 3.81. The molecule has 0 radical (unpaired) electrons. The fourth-order valence-electron chi connectivity index (χ4n) is 1.96. The van der Waals surface area contributed by atoms with Gasteiger partial charge in [-0.05, 0) is 11.4 Å². The third-order valence-electron chi connectivity index (χ3n) is 2.95. The van der Waals surface area contributed by atoms with Gasteiger partial charge in [0.05, 0.1) is 4.88 Å². The number of carboxylic acid groups (broad SMARTS) is 1. The van der Waals surface area contributed by atoms with Crippen molar-refractivity contribution in [3.8, 4) is 0 Å². The highest BCUT2D eigenvalue weighted by Gasteiger charge is 2.25. The number of carboxylic acids is 1. The van der Waals surface area contributed by atoms with Gasteiger partial charge in [-0.3, -0.25) is 14.4 Å². The Morgan fingerprint density at radius 2 is 1.79 bits per heavy atom. The van der Waals surface area contributed by atoms with Gasteiger partial charge in [-0.25, -0.2) is 0 Å². The molecule has 0 aromatic carbocycles. The van der Waals surface area contributed by atoms with E-state index in [-0.39, 0.29) is 5.91 Å². The summed E-state index contributed by atoms with van der Waals surface area (Å²) in [4.78, 5) is 37.9. The minimum absolute atomic E-state index is 0.0275. The molecule has 6 nitrogen and oxygen atoms in total. The third kappa shape index (κ3) is 3.31. The summed E-state index contributed by atoms with van der Waals surface area (Å²) < 4.78 is 0. The Hall–Kier alpha value is -1.89. The summed E-state index contributed by atoms with van der Waals surface area (Å²) in [6.07, 6.45) is -0.487. The fraction of sp³-hybridized carbons (Fsp3) is 0.417. The molecular formula is C12H14N2O4S. The van der Waals surface area contributed by atoms with Crippen molar-refractivity contribution in [1.82, 2.24) is 9.80 Å². The number of thiophene rings is 1. The van der Waals surface area contributed by atoms with Crippen LogP contribution < -0.4 is 0 Å². The Balaban J connectivity index is 1.87. The molecule has 0 unspecified atom stereocenters. The minimum Gasteiger partial charge on any atom is -0.481 e. The summed E-state index contributed by atoms with van der Waals surface area (Å²) in [5.41, 5.74) is 0. The Morgan fingerprint density at radius 1 is 1.16 bits per heavy atom. The maximum absolute atomic E-state index is 12.1. The smallest absolute Gasteiger partial charge is 0.312 e. The van der Waals surface area contributed by atoms with Crippen LogP contribution >= 0.6 is 11.3 Å². The van der Waals surface area contributed by atoms with Gasteiger partial charge in [-0.15, -0.1) is 11.3 Å². The maximum atomic E-state index is 12.1. The lowest BCUT2D eigenvalue weighted by Gasteiger charge is -2.34. The molecule has 0 atom stereocenters. The standard InChI is InChI=1S/C12H14N2O4S/c15-10(8-11(16)17)13-3-5-14(6-4-13)12(18)9-2-1-7-19-9/h1-2,7H,3-6,8H2,(H,16,17). The van der Waals surface area contributed by atoms with Gasteiger partial charge in [0.25, 0.3) is 5.91 Å². The molecule has 1 aliphatic heterocycles. The van der Waals surface area contributed by atoms with E-state index < -0.39 is 18.3 Å². The van der Waals surface area contributed by atoms with E-state index in [9.17, 15) is 14.4 Å². The van der Waals surface area contributed by atoms with E-state index in [1.807, 2.05) is 11.4 Å². The Kier molecular flexibility index (Phi) is 4.16. The zero-order chi connectivity index (χ0) is 13.8. The molecule has 0 aliphatic carbocycles. The van der Waals surface area contributed by atoms with Gasteiger partial charge in [0, 0.05) is 26.2 Å². The van der Waals surface area contributed by atoms with Crippen LogP contribution in [0.4, 0.5) is 0 Å². The van der Waals surface area contributed by atoms with Crippen molar-refractivity contribution in [3.63, 3.8) is 0 Å². The second-order valence-electron chi connectivity index (χ2n) is 4.22. The van der Waals surface area contributed by atoms with E-state index in [1.165, 1.54) is 16.2 Å². The predicted octanol–water partition coefficient (Wildman–Crippen LogP) is 0.507. The molecule has 19 heavy (non-hydrogen) atoms. The molecule has 1 aliphatic rings. The Labute approximate surface area is 114 Å². The largest absolute Gasteiger partial charge is 0.481 e. The number of hydrogen-bond donors (Lipinski definition) is 1. The Bertz CT molecular complexity index is 478. The van der Waals surface area contributed by atoms with Crippen molar-refractivity contribution in [2.45, 2.75) is 6.42 Å². The predicted molar refractivity (Wildman–Crippen MR) is 69.1 cm³/mol. The molecule has 0 spiro atoms. The van der Waals surface area contributed by atoms with Crippen LogP contribution in [0.25, 0.3) is 0 Å². The van der Waals surface area contributed by atoms with Gasteiger partial charge in [0.1, 0.15) is 6.42 Å². The van der Waals surface area contributed by atoms with Gasteiger partial charge < -0.3 is 14.9 Å². The molecular weight excluding hydrogens is 268 g/mol. The number of amides is 2. The topological polar surface area (TPSA) is 77.9 Å². The zero-order valence-corrected chi connectivity index (χ0v) is 11.1. The van der Waals surface area contributed by atoms with Crippen LogP contribution in [-0.2, 0) is 9.59 Å². The lowest BCUT2D eigenvalue weighted by molar-refractivity contribution is -0.144. The average Bonchev–Trinajstić information content (AvgIpc) is 2.91. The number of hydrogen-bond acceptors (Lipinski definition) is 4. The van der Waals surface area contributed by atoms with Crippen LogP contribution in [0.2, 0.25) is 0 Å². The van der Waals surface area contributed by atoms with Gasteiger partial charge in [0.2, 0.25) is 5.91 Å². The molecule has 2 amide bonds. The van der Waals surface area contributed by atoms with Gasteiger partial charge in [-0.1, -0.05) is 6.07 Å². The molecule has 7 heteroatoms. The number of carbonyl (C=O) groups is 3. The lowest BCUT2D eigenvalue weighted by Crippen LogP contribution is -2.50. The minimum atomic E-state index is -1.12. The maximum Gasteiger partial charge on any atom is 0.312 e. The van der Waals surface area contributed by atoms with Crippen molar-refractivity contribution >= 4 is 29.1 Å². The highest BCUT2D eigenvalue weighted by Crippen LogP contribution is 2.14. The first-order valence-corrected chi connectivity index (χ1v) is 6.78. The number of aliphatic carboxylic acids is 1. The second kappa shape index (κ2) is 5.83. The summed E-state index contributed by atoms with van der Waals surface area (Å²) in [6, 6.07) is 3.60. The van der Waals surface area contributed by atoms with Crippen molar-refractivity contribution in [2.24, 2.45) is 0 Å². The summed E-state index contributed by atoms with van der Waals surface area (Å²) in [5, 5.41) is 10.4. The first kappa shape index (κ1) is 13.5. The summed E-state index contributed by atoms with van der Waals surface area (Å²) in [7, 11) is 0. The van der Waals surface area contributed by atoms with E-state index in [4.69, 9.17) is 5.11 Å². The normalized spacial score (nSPS) is 15.4. The number of carbonyl (C=O) groups excluding carboxylic acids is 2. The molecule has 0 bridgehead atoms. The first-order valence-electron chi connectivity index (χ1n) is 5.90. The van der Waals surface area contributed by atoms with Crippen LogP contribution in [0.15, 0.2) is 17.5 Å². The molecule has 1 N–H and O–H groups in total. The van der Waals surface area contributed by atoms with E-state index in [1.54, 1.807) is 11.0 Å². The number of rotatable bonds is 3. The first-order chi connectivity index (χ1) is 9.08. The quantitative estimate of drug-likeness (QED) is 0.819. The van der Waals surface area contributed by atoms with Crippen molar-refractivity contribution in [1.29, 1.82) is 0 Å². The van der Waals surface area contributed by atoms with Crippen LogP contribution in [0.1, 0.15) is 16.1 Å². The molecule has 2 heterocycles. The number of nitrogens with zero attached hydrogens (tertiary/aromatic N) is 2. The molecule has 1 aromatic rings. The van der Waals surface area contributed by atoms with E-state index in [0.717, 1.165) is 0 Å². The van der Waals surface area contributed by atoms with Crippen LogP contribution in [0.5, 0.6) is 0 Å². The highest BCUT2D eigenvalue weighted by atomic mass is 32.1. The molecule has 1 aromatic heterocycles. The lowest BCUT2D eigenvalue weighted by atomic mass is 10.2. The van der Waals surface area contributed by atoms with Crippen molar-refractivity contribution in [3.05, 3.63) is 22.4 Å². The van der Waals surface area contributed by atoms with E-state index in [2.05, 4.69) is 0 Å². The summed E-state index contributed by atoms with van der Waals surface area (Å²) in [6.45, 7) is 1.68. The van der Waals surface area contributed by atoms with Crippen LogP contribution in [0.3, 0.4) is 0 Å². The SMILES string of the molecule is O=C(O)CC(=O)N1CCN(C(=O)c2cccs2)CC1. The van der Waals surface area contributed by atoms with E-state index >= 15 is 0 Å². The molecule has 0 saturated carbocycles. The molecule has 102 valence electrons. The number of piperazine rings is 1. The average molecular weight is 282 g/mol. The van der Waals surface area contributed by atoms with Crippen LogP contribution in [-0.4, -0.2) is 58.9 Å². The van der Waals surface area contributed by atoms with Crippen LogP contribution in [0, 0.1) is 0 Å². The molecule has 1 fully saturated rings. The van der Waals surface area contributed by atoms with Gasteiger partial charge in [-0.2, -0.15) is 0 Å². The summed E-state index contributed by atoms with van der Waals surface area (Å²) >= 11 is 1.39. The molecule has 1 saturated heterocycles. The fourth-order valence-corrected chi connectivity index (χ4v) is 2.65. The monoisotopic (exact) mass is 282 g/mol. The zero-order valence-electron chi connectivity index (χ0n) is 10.2. The van der Waals surface area contributed by atoms with Gasteiger partial charge >= 0.3 is 5.97 Å². The van der Waals surface area contributed by atoms with Gasteiger partial charge in [0.15, 0.2) is 0 Å². The molecule has 2 rings (SSSR count). The van der Waals surface area contributed by atoms with Crippen molar-refractivity contribution in [2.75, 3.05) is 26.2 Å². The van der Waals surface area contributed by atoms with E-state index in [0.29, 0.717) is 31.1 Å². The highest BCUT2D eigenvalue weighted by molar-refractivity contribution is 7.12. The van der Waals surface area contributed by atoms with Crippen molar-refractivity contribution < 1.29 is 19.5 Å². The Morgan fingerprint density at radius 3 is 2.32 bits per heavy atom. The second-order valence-corrected chi connectivity index (χ2v) is 5.17. The summed E-state index contributed by atoms with van der Waals surface area (Å²) in [5.74, 6) is -1.54.